The normalized spacial score (nSPS) is 19.4. The topological polar surface area (TPSA) is 86.6 Å². The molecule has 3 heterocycles. The first-order valence-electron chi connectivity index (χ1n) is 18.3. The maximum Gasteiger partial charge on any atom is 0.338 e. The Labute approximate surface area is 322 Å². The number of aliphatic imine (C=N–C) groups is 2. The number of rotatable bonds is 9. The quantitative estimate of drug-likeness (QED) is 0.109. The molecule has 0 unspecified atom stereocenters. The van der Waals surface area contributed by atoms with Gasteiger partial charge in [-0.1, -0.05) is 133 Å². The number of ether oxygens (including phenoxy) is 3. The molecule has 4 atom stereocenters. The molecule has 8 heteroatoms. The van der Waals surface area contributed by atoms with E-state index in [-0.39, 0.29) is 24.1 Å². The fourth-order valence-corrected chi connectivity index (χ4v) is 8.50. The van der Waals surface area contributed by atoms with Crippen molar-refractivity contribution in [2.75, 3.05) is 6.61 Å². The Kier molecular flexibility index (Phi) is 9.04. The van der Waals surface area contributed by atoms with Gasteiger partial charge in [0.25, 0.3) is 0 Å². The molecule has 0 N–H and O–H groups in total. The molecule has 0 fully saturated rings. The predicted octanol–water partition coefficient (Wildman–Crippen LogP) is 10.4. The molecular weight excluding hydrogens is 705 g/mol. The first-order chi connectivity index (χ1) is 27.0. The SMILES string of the molecule is CC(COC(=O)c1ccc2c(=O)c3ccccc3sc2c1)(C1=N[C@H](c2ccccc2)[C@H](c2ccccc2)O1)C1=N[C@H](c2ccccc2)[C@H](c2ccccc2)O1. The van der Waals surface area contributed by atoms with Crippen LogP contribution < -0.4 is 5.43 Å². The largest absolute Gasteiger partial charge is 0.469 e. The second kappa shape index (κ2) is 14.5. The second-order valence-corrected chi connectivity index (χ2v) is 15.1. The number of hydrogen-bond acceptors (Lipinski definition) is 8. The minimum absolute atomic E-state index is 0.0634. The van der Waals surface area contributed by atoms with Crippen LogP contribution in [0.2, 0.25) is 0 Å². The van der Waals surface area contributed by atoms with Gasteiger partial charge in [-0.2, -0.15) is 0 Å². The van der Waals surface area contributed by atoms with Crippen molar-refractivity contribution in [3.05, 3.63) is 202 Å². The third-order valence-corrected chi connectivity index (χ3v) is 11.5. The summed E-state index contributed by atoms with van der Waals surface area (Å²) >= 11 is 1.47. The molecule has 0 spiro atoms. The van der Waals surface area contributed by atoms with Crippen molar-refractivity contribution in [2.45, 2.75) is 31.2 Å². The molecule has 55 heavy (non-hydrogen) atoms. The van der Waals surface area contributed by atoms with E-state index >= 15 is 0 Å². The summed E-state index contributed by atoms with van der Waals surface area (Å²) in [6.45, 7) is 1.75. The molecule has 7 aromatic rings. The highest BCUT2D eigenvalue weighted by molar-refractivity contribution is 7.24. The van der Waals surface area contributed by atoms with E-state index in [1.54, 1.807) is 18.2 Å². The third-order valence-electron chi connectivity index (χ3n) is 10.4. The van der Waals surface area contributed by atoms with Crippen LogP contribution in [0.5, 0.6) is 0 Å². The van der Waals surface area contributed by atoms with Crippen LogP contribution in [0.15, 0.2) is 179 Å². The molecule has 0 bridgehead atoms. The zero-order chi connectivity index (χ0) is 37.4. The van der Waals surface area contributed by atoms with E-state index in [4.69, 9.17) is 24.2 Å². The summed E-state index contributed by atoms with van der Waals surface area (Å²) in [6, 6.07) is 52.0. The lowest BCUT2D eigenvalue weighted by molar-refractivity contribution is 0.0405. The van der Waals surface area contributed by atoms with Gasteiger partial charge >= 0.3 is 5.97 Å². The Morgan fingerprint density at radius 3 is 1.58 bits per heavy atom. The fourth-order valence-electron chi connectivity index (χ4n) is 7.38. The van der Waals surface area contributed by atoms with Crippen LogP contribution in [0.4, 0.5) is 0 Å². The first-order valence-corrected chi connectivity index (χ1v) is 19.1. The Bertz CT molecular complexity index is 2520. The van der Waals surface area contributed by atoms with Crippen molar-refractivity contribution < 1.29 is 19.0 Å². The lowest BCUT2D eigenvalue weighted by Crippen LogP contribution is -2.42. The molecule has 0 saturated heterocycles. The summed E-state index contributed by atoms with van der Waals surface area (Å²) in [5.74, 6) is 0.188. The average molecular weight is 741 g/mol. The maximum atomic E-state index is 14.0. The van der Waals surface area contributed by atoms with E-state index in [9.17, 15) is 9.59 Å². The molecule has 0 saturated carbocycles. The van der Waals surface area contributed by atoms with Gasteiger partial charge in [0.2, 0.25) is 11.8 Å². The van der Waals surface area contributed by atoms with Crippen molar-refractivity contribution in [3.63, 3.8) is 0 Å². The number of carbonyl (C=O) groups is 1. The van der Waals surface area contributed by atoms with Crippen LogP contribution in [-0.4, -0.2) is 24.4 Å². The van der Waals surface area contributed by atoms with Crippen LogP contribution >= 0.6 is 11.3 Å². The zero-order valence-corrected chi connectivity index (χ0v) is 30.8. The van der Waals surface area contributed by atoms with Crippen LogP contribution in [0, 0.1) is 5.41 Å². The van der Waals surface area contributed by atoms with E-state index in [0.29, 0.717) is 32.8 Å². The highest BCUT2D eigenvalue weighted by Crippen LogP contribution is 2.48. The summed E-state index contributed by atoms with van der Waals surface area (Å²) in [4.78, 5) is 37.8. The first kappa shape index (κ1) is 34.4. The van der Waals surface area contributed by atoms with Gasteiger partial charge in [-0.3, -0.25) is 4.79 Å². The summed E-state index contributed by atoms with van der Waals surface area (Å²) in [6.07, 6.45) is -0.882. The van der Waals surface area contributed by atoms with Gasteiger partial charge in [-0.15, -0.1) is 11.3 Å². The molecule has 7 nitrogen and oxygen atoms in total. The molecule has 2 aliphatic heterocycles. The lowest BCUT2D eigenvalue weighted by atomic mass is 9.90. The van der Waals surface area contributed by atoms with E-state index in [1.807, 2.05) is 153 Å². The fraction of sp³-hybridized carbons (Fsp3) is 0.149. The highest BCUT2D eigenvalue weighted by Gasteiger charge is 2.51. The van der Waals surface area contributed by atoms with Gasteiger partial charge in [0.1, 0.15) is 18.7 Å². The second-order valence-electron chi connectivity index (χ2n) is 14.0. The smallest absolute Gasteiger partial charge is 0.338 e. The number of esters is 1. The Morgan fingerprint density at radius 1 is 0.600 bits per heavy atom. The van der Waals surface area contributed by atoms with Gasteiger partial charge in [0.15, 0.2) is 23.1 Å². The summed E-state index contributed by atoms with van der Waals surface area (Å²) < 4.78 is 21.6. The van der Waals surface area contributed by atoms with Crippen LogP contribution in [-0.2, 0) is 14.2 Å². The van der Waals surface area contributed by atoms with Crippen molar-refractivity contribution in [1.82, 2.24) is 0 Å². The standard InChI is InChI=1S/C47H36N2O5S/c1-47(45-48-39(30-16-6-2-7-17-30)42(53-45)32-20-10-4-11-21-32,46-49-40(31-18-8-3-9-19-31)43(54-46)33-22-12-5-13-23-33)29-52-44(51)34-26-27-36-38(28-34)55-37-25-15-14-24-35(37)41(36)50/h2-28,39-40,42-43H,29H2,1H3/t39-,40-,42+,43+/m1/s1. The average Bonchev–Trinajstić information content (AvgIpc) is 3.91. The zero-order valence-electron chi connectivity index (χ0n) is 29.9. The molecule has 6 aromatic carbocycles. The third kappa shape index (κ3) is 6.49. The molecule has 0 amide bonds. The highest BCUT2D eigenvalue weighted by atomic mass is 32.1. The van der Waals surface area contributed by atoms with Gasteiger partial charge in [-0.25, -0.2) is 14.8 Å². The molecule has 9 rings (SSSR count). The van der Waals surface area contributed by atoms with Gasteiger partial charge in [-0.05, 0) is 59.5 Å². The minimum Gasteiger partial charge on any atom is -0.469 e. The summed E-state index contributed by atoms with van der Waals surface area (Å²) in [5, 5.41) is 1.22. The monoisotopic (exact) mass is 740 g/mol. The van der Waals surface area contributed by atoms with Crippen molar-refractivity contribution in [3.8, 4) is 0 Å². The number of fused-ring (bicyclic) bond motifs is 2. The Balaban J connectivity index is 1.12. The van der Waals surface area contributed by atoms with E-state index in [0.717, 1.165) is 27.0 Å². The summed E-state index contributed by atoms with van der Waals surface area (Å²) in [7, 11) is 0. The molecule has 270 valence electrons. The molecule has 2 aliphatic rings. The van der Waals surface area contributed by atoms with E-state index in [2.05, 4.69) is 0 Å². The molecule has 1 aromatic heterocycles. The van der Waals surface area contributed by atoms with Crippen LogP contribution in [0.25, 0.3) is 20.2 Å². The van der Waals surface area contributed by atoms with E-state index in [1.165, 1.54) is 11.3 Å². The maximum absolute atomic E-state index is 14.0. The van der Waals surface area contributed by atoms with Crippen molar-refractivity contribution >= 4 is 49.3 Å². The number of nitrogens with zero attached hydrogens (tertiary/aromatic N) is 2. The van der Waals surface area contributed by atoms with E-state index < -0.39 is 23.6 Å². The Morgan fingerprint density at radius 2 is 1.05 bits per heavy atom. The number of hydrogen-bond donors (Lipinski definition) is 0. The number of benzene rings is 6. The predicted molar refractivity (Wildman–Crippen MR) is 218 cm³/mol. The van der Waals surface area contributed by atoms with Crippen molar-refractivity contribution in [2.24, 2.45) is 15.4 Å². The Hall–Kier alpha value is -6.38. The summed E-state index contributed by atoms with van der Waals surface area (Å²) in [5.41, 5.74) is 2.97. The van der Waals surface area contributed by atoms with Gasteiger partial charge in [0.05, 0.1) is 5.56 Å². The molecule has 0 aliphatic carbocycles. The minimum atomic E-state index is -1.22. The van der Waals surface area contributed by atoms with Crippen LogP contribution in [0.3, 0.4) is 0 Å². The van der Waals surface area contributed by atoms with Crippen molar-refractivity contribution in [1.29, 1.82) is 0 Å². The van der Waals surface area contributed by atoms with Gasteiger partial charge in [0, 0.05) is 20.2 Å². The molecular formula is C47H36N2O5S. The lowest BCUT2D eigenvalue weighted by Gasteiger charge is -2.29. The number of carbonyl (C=O) groups excluding carboxylic acids is 1. The van der Waals surface area contributed by atoms with Gasteiger partial charge < -0.3 is 14.2 Å². The molecule has 0 radical (unpaired) electrons. The van der Waals surface area contributed by atoms with Crippen LogP contribution in [0.1, 0.15) is 63.8 Å².